The zero-order valence-corrected chi connectivity index (χ0v) is 13.4. The maximum absolute atomic E-state index is 12.6. The number of carbonyl (C=O) groups is 1. The Balaban J connectivity index is 1.36. The van der Waals surface area contributed by atoms with Gasteiger partial charge in [0.25, 0.3) is 5.91 Å². The first-order chi connectivity index (χ1) is 11.7. The van der Waals surface area contributed by atoms with Gasteiger partial charge in [-0.05, 0) is 18.2 Å². The molecule has 0 radical (unpaired) electrons. The second-order valence-corrected chi connectivity index (χ2v) is 5.85. The number of hydrogen-bond donors (Lipinski definition) is 0. The molecule has 0 saturated carbocycles. The molecule has 126 valence electrons. The molecule has 1 amide bonds. The molecule has 8 nitrogen and oxygen atoms in total. The van der Waals surface area contributed by atoms with Crippen molar-refractivity contribution in [2.24, 2.45) is 0 Å². The molecular formula is C16H18N4O4. The van der Waals surface area contributed by atoms with Gasteiger partial charge in [-0.3, -0.25) is 9.69 Å². The Morgan fingerprint density at radius 3 is 2.67 bits per heavy atom. The third-order valence-corrected chi connectivity index (χ3v) is 4.21. The Hall–Kier alpha value is -2.61. The van der Waals surface area contributed by atoms with Gasteiger partial charge < -0.3 is 18.8 Å². The fourth-order valence-corrected chi connectivity index (χ4v) is 2.91. The zero-order valence-electron chi connectivity index (χ0n) is 13.4. The predicted molar refractivity (Wildman–Crippen MR) is 82.8 cm³/mol. The molecule has 1 aromatic carbocycles. The van der Waals surface area contributed by atoms with Crippen LogP contribution in [0.2, 0.25) is 0 Å². The number of aromatic nitrogens is 2. The Kier molecular flexibility index (Phi) is 3.81. The minimum Gasteiger partial charge on any atom is -0.454 e. The van der Waals surface area contributed by atoms with E-state index in [0.717, 1.165) is 13.1 Å². The monoisotopic (exact) mass is 330 g/mol. The van der Waals surface area contributed by atoms with E-state index in [1.54, 1.807) is 25.1 Å². The van der Waals surface area contributed by atoms with Gasteiger partial charge in [-0.15, -0.1) is 10.2 Å². The molecule has 3 heterocycles. The van der Waals surface area contributed by atoms with E-state index in [1.165, 1.54) is 0 Å². The van der Waals surface area contributed by atoms with Crippen LogP contribution in [-0.2, 0) is 6.54 Å². The van der Waals surface area contributed by atoms with E-state index >= 15 is 0 Å². The highest BCUT2D eigenvalue weighted by Gasteiger charge is 2.24. The molecule has 0 atom stereocenters. The smallest absolute Gasteiger partial charge is 0.254 e. The largest absolute Gasteiger partial charge is 0.454 e. The maximum Gasteiger partial charge on any atom is 0.254 e. The third-order valence-electron chi connectivity index (χ3n) is 4.21. The van der Waals surface area contributed by atoms with Gasteiger partial charge >= 0.3 is 0 Å². The van der Waals surface area contributed by atoms with Crippen LogP contribution in [0.3, 0.4) is 0 Å². The number of carbonyl (C=O) groups excluding carboxylic acids is 1. The lowest BCUT2D eigenvalue weighted by molar-refractivity contribution is 0.0617. The molecule has 0 bridgehead atoms. The molecule has 2 aliphatic heterocycles. The highest BCUT2D eigenvalue weighted by molar-refractivity contribution is 5.95. The summed E-state index contributed by atoms with van der Waals surface area (Å²) in [6.07, 6.45) is 0. The van der Waals surface area contributed by atoms with Gasteiger partial charge in [0.2, 0.25) is 18.6 Å². The number of piperazine rings is 1. The van der Waals surface area contributed by atoms with Gasteiger partial charge in [-0.1, -0.05) is 0 Å². The lowest BCUT2D eigenvalue weighted by atomic mass is 10.1. The molecule has 0 spiro atoms. The van der Waals surface area contributed by atoms with Gasteiger partial charge in [0, 0.05) is 38.7 Å². The second kappa shape index (κ2) is 6.12. The average Bonchev–Trinajstić information content (AvgIpc) is 3.23. The molecule has 0 N–H and O–H groups in total. The normalized spacial score (nSPS) is 17.3. The van der Waals surface area contributed by atoms with Crippen molar-refractivity contribution in [3.05, 3.63) is 35.5 Å². The van der Waals surface area contributed by atoms with Crippen molar-refractivity contribution in [2.75, 3.05) is 33.0 Å². The van der Waals surface area contributed by atoms with Crippen LogP contribution in [0.4, 0.5) is 0 Å². The molecule has 0 unspecified atom stereocenters. The van der Waals surface area contributed by atoms with Crippen LogP contribution < -0.4 is 9.47 Å². The standard InChI is InChI=1S/C16H18N4O4/c1-11-17-18-15(24-11)9-19-4-6-20(7-5-19)16(21)12-2-3-13-14(8-12)23-10-22-13/h2-3,8H,4-7,9-10H2,1H3. The summed E-state index contributed by atoms with van der Waals surface area (Å²) < 4.78 is 16.0. The summed E-state index contributed by atoms with van der Waals surface area (Å²) in [5.74, 6) is 2.52. The minimum absolute atomic E-state index is 0.0154. The molecule has 1 aromatic heterocycles. The number of ether oxygens (including phenoxy) is 2. The van der Waals surface area contributed by atoms with Crippen molar-refractivity contribution in [3.63, 3.8) is 0 Å². The number of hydrogen-bond acceptors (Lipinski definition) is 7. The lowest BCUT2D eigenvalue weighted by Crippen LogP contribution is -2.48. The first-order valence-corrected chi connectivity index (χ1v) is 7.89. The summed E-state index contributed by atoms with van der Waals surface area (Å²) in [6, 6.07) is 5.31. The van der Waals surface area contributed by atoms with E-state index in [4.69, 9.17) is 13.9 Å². The van der Waals surface area contributed by atoms with Crippen molar-refractivity contribution in [3.8, 4) is 11.5 Å². The number of amides is 1. The van der Waals surface area contributed by atoms with Gasteiger partial charge in [0.05, 0.1) is 6.54 Å². The molecular weight excluding hydrogens is 312 g/mol. The highest BCUT2D eigenvalue weighted by Crippen LogP contribution is 2.32. The number of benzene rings is 1. The third kappa shape index (κ3) is 2.92. The molecule has 8 heteroatoms. The van der Waals surface area contributed by atoms with Crippen LogP contribution in [0.25, 0.3) is 0 Å². The van der Waals surface area contributed by atoms with Crippen molar-refractivity contribution in [2.45, 2.75) is 13.5 Å². The van der Waals surface area contributed by atoms with Crippen molar-refractivity contribution < 1.29 is 18.7 Å². The second-order valence-electron chi connectivity index (χ2n) is 5.85. The van der Waals surface area contributed by atoms with E-state index in [9.17, 15) is 4.79 Å². The van der Waals surface area contributed by atoms with Crippen LogP contribution in [0.5, 0.6) is 11.5 Å². The Bertz CT molecular complexity index is 752. The Morgan fingerprint density at radius 1 is 1.12 bits per heavy atom. The van der Waals surface area contributed by atoms with Gasteiger partial charge in [0.1, 0.15) is 0 Å². The Morgan fingerprint density at radius 2 is 1.92 bits per heavy atom. The summed E-state index contributed by atoms with van der Waals surface area (Å²) >= 11 is 0. The van der Waals surface area contributed by atoms with Crippen LogP contribution in [0.15, 0.2) is 22.6 Å². The molecule has 1 saturated heterocycles. The van der Waals surface area contributed by atoms with Crippen LogP contribution in [-0.4, -0.2) is 58.9 Å². The number of nitrogens with zero attached hydrogens (tertiary/aromatic N) is 4. The number of fused-ring (bicyclic) bond motifs is 1. The topological polar surface area (TPSA) is 80.9 Å². The predicted octanol–water partition coefficient (Wildman–Crippen LogP) is 1.06. The Labute approximate surface area is 139 Å². The van der Waals surface area contributed by atoms with E-state index < -0.39 is 0 Å². The van der Waals surface area contributed by atoms with Gasteiger partial charge in [0.15, 0.2) is 11.5 Å². The summed E-state index contributed by atoms with van der Waals surface area (Å²) in [5, 5.41) is 7.84. The molecule has 2 aromatic rings. The molecule has 4 rings (SSSR count). The summed E-state index contributed by atoms with van der Waals surface area (Å²) in [4.78, 5) is 16.7. The van der Waals surface area contributed by atoms with E-state index in [2.05, 4.69) is 15.1 Å². The average molecular weight is 330 g/mol. The zero-order chi connectivity index (χ0) is 16.5. The first kappa shape index (κ1) is 14.9. The fraction of sp³-hybridized carbons (Fsp3) is 0.438. The van der Waals surface area contributed by atoms with Crippen LogP contribution in [0, 0.1) is 6.92 Å². The fourth-order valence-electron chi connectivity index (χ4n) is 2.91. The molecule has 0 aliphatic carbocycles. The number of aryl methyl sites for hydroxylation is 1. The molecule has 24 heavy (non-hydrogen) atoms. The lowest BCUT2D eigenvalue weighted by Gasteiger charge is -2.34. The summed E-state index contributed by atoms with van der Waals surface area (Å²) in [6.45, 7) is 5.49. The van der Waals surface area contributed by atoms with E-state index in [1.807, 2.05) is 4.90 Å². The molecule has 2 aliphatic rings. The van der Waals surface area contributed by atoms with E-state index in [-0.39, 0.29) is 12.7 Å². The van der Waals surface area contributed by atoms with Crippen molar-refractivity contribution >= 4 is 5.91 Å². The van der Waals surface area contributed by atoms with Gasteiger partial charge in [-0.2, -0.15) is 0 Å². The molecule has 1 fully saturated rings. The minimum atomic E-state index is 0.0154. The van der Waals surface area contributed by atoms with Crippen molar-refractivity contribution in [1.29, 1.82) is 0 Å². The van der Waals surface area contributed by atoms with Crippen molar-refractivity contribution in [1.82, 2.24) is 20.0 Å². The maximum atomic E-state index is 12.6. The van der Waals surface area contributed by atoms with Crippen LogP contribution >= 0.6 is 0 Å². The van der Waals surface area contributed by atoms with Crippen LogP contribution in [0.1, 0.15) is 22.1 Å². The summed E-state index contributed by atoms with van der Waals surface area (Å²) in [7, 11) is 0. The SMILES string of the molecule is Cc1nnc(CN2CCN(C(=O)c3ccc4c(c3)OCO4)CC2)o1. The number of rotatable bonds is 3. The van der Waals surface area contributed by atoms with E-state index in [0.29, 0.717) is 48.5 Å². The first-order valence-electron chi connectivity index (χ1n) is 7.89. The quantitative estimate of drug-likeness (QED) is 0.832. The highest BCUT2D eigenvalue weighted by atomic mass is 16.7. The summed E-state index contributed by atoms with van der Waals surface area (Å²) in [5.41, 5.74) is 0.625. The van der Waals surface area contributed by atoms with Gasteiger partial charge in [-0.25, -0.2) is 0 Å².